The Morgan fingerprint density at radius 3 is 2.43 bits per heavy atom. The molecule has 0 spiro atoms. The Morgan fingerprint density at radius 2 is 1.79 bits per heavy atom. The average Bonchev–Trinajstić information content (AvgIpc) is 2.59. The molecule has 1 saturated heterocycles. The maximum absolute atomic E-state index is 12.6. The predicted molar refractivity (Wildman–Crippen MR) is 108 cm³/mol. The number of nitrogens with one attached hydrogen (secondary N) is 1. The van der Waals surface area contributed by atoms with E-state index in [-0.39, 0.29) is 18.8 Å². The highest BCUT2D eigenvalue weighted by Crippen LogP contribution is 2.23. The van der Waals surface area contributed by atoms with Gasteiger partial charge in [0.15, 0.2) is 0 Å². The fourth-order valence-electron chi connectivity index (χ4n) is 3.32. The zero-order chi connectivity index (χ0) is 20.3. The third kappa shape index (κ3) is 5.51. The molecule has 7 nitrogen and oxygen atoms in total. The van der Waals surface area contributed by atoms with E-state index in [0.29, 0.717) is 24.7 Å². The molecule has 152 valence electrons. The van der Waals surface area contributed by atoms with Gasteiger partial charge in [0.2, 0.25) is 5.88 Å². The monoisotopic (exact) mass is 405 g/mol. The quantitative estimate of drug-likeness (QED) is 0.799. The highest BCUT2D eigenvalue weighted by Gasteiger charge is 2.30. The van der Waals surface area contributed by atoms with Crippen molar-refractivity contribution in [2.24, 2.45) is 0 Å². The van der Waals surface area contributed by atoms with Gasteiger partial charge in [0.05, 0.1) is 12.2 Å². The molecule has 0 bridgehead atoms. The van der Waals surface area contributed by atoms with E-state index in [2.05, 4.69) is 15.8 Å². The summed E-state index contributed by atoms with van der Waals surface area (Å²) in [4.78, 5) is 4.22. The first-order valence-corrected chi connectivity index (χ1v) is 10.8. The Balaban J connectivity index is 1.66. The van der Waals surface area contributed by atoms with Crippen LogP contribution in [0.2, 0.25) is 0 Å². The van der Waals surface area contributed by atoms with Crippen LogP contribution in [-0.2, 0) is 21.5 Å². The van der Waals surface area contributed by atoms with Crippen molar-refractivity contribution < 1.29 is 17.9 Å². The van der Waals surface area contributed by atoms with Crippen LogP contribution in [0.3, 0.4) is 0 Å². The van der Waals surface area contributed by atoms with Crippen LogP contribution in [0, 0.1) is 13.8 Å². The zero-order valence-electron chi connectivity index (χ0n) is 16.7. The lowest BCUT2D eigenvalue weighted by Gasteiger charge is -2.34. The van der Waals surface area contributed by atoms with Crippen molar-refractivity contribution >= 4 is 10.2 Å². The second-order valence-electron chi connectivity index (χ2n) is 7.33. The van der Waals surface area contributed by atoms with E-state index in [1.165, 1.54) is 4.31 Å². The van der Waals surface area contributed by atoms with Gasteiger partial charge in [-0.2, -0.15) is 17.4 Å². The first-order valence-electron chi connectivity index (χ1n) is 9.32. The molecule has 0 saturated carbocycles. The van der Waals surface area contributed by atoms with Gasteiger partial charge in [-0.15, -0.1) is 0 Å². The molecular formula is C20H27N3O4S. The number of ether oxygens (including phenoxy) is 2. The summed E-state index contributed by atoms with van der Waals surface area (Å²) in [5, 5.41) is 0. The highest BCUT2D eigenvalue weighted by molar-refractivity contribution is 7.87. The van der Waals surface area contributed by atoms with Crippen LogP contribution < -0.4 is 9.46 Å². The molecule has 8 heteroatoms. The van der Waals surface area contributed by atoms with Crippen molar-refractivity contribution in [3.05, 3.63) is 53.2 Å². The van der Waals surface area contributed by atoms with Gasteiger partial charge < -0.3 is 9.47 Å². The molecule has 0 aliphatic carbocycles. The molecule has 1 aromatic heterocycles. The SMILES string of the molecule is Cc1cc(C)cc(Oc2cc(CNS(=O)(=O)N3C[C@@H](C)O[C@@H](C)C3)ccn2)c1. The third-order valence-electron chi connectivity index (χ3n) is 4.40. The van der Waals surface area contributed by atoms with Gasteiger partial charge in [0, 0.05) is 31.9 Å². The van der Waals surface area contributed by atoms with Gasteiger partial charge in [-0.25, -0.2) is 4.98 Å². The van der Waals surface area contributed by atoms with Crippen LogP contribution in [0.1, 0.15) is 30.5 Å². The molecule has 1 aromatic carbocycles. The van der Waals surface area contributed by atoms with Crippen LogP contribution in [0.25, 0.3) is 0 Å². The molecule has 0 amide bonds. The summed E-state index contributed by atoms with van der Waals surface area (Å²) in [6, 6.07) is 9.45. The van der Waals surface area contributed by atoms with Crippen LogP contribution in [0.4, 0.5) is 0 Å². The maximum atomic E-state index is 12.6. The summed E-state index contributed by atoms with van der Waals surface area (Å²) in [7, 11) is -3.59. The summed E-state index contributed by atoms with van der Waals surface area (Å²) >= 11 is 0. The highest BCUT2D eigenvalue weighted by atomic mass is 32.2. The van der Waals surface area contributed by atoms with Crippen LogP contribution in [0.5, 0.6) is 11.6 Å². The molecule has 3 rings (SSSR count). The van der Waals surface area contributed by atoms with Crippen molar-refractivity contribution in [2.75, 3.05) is 13.1 Å². The molecule has 0 radical (unpaired) electrons. The van der Waals surface area contributed by atoms with E-state index >= 15 is 0 Å². The van der Waals surface area contributed by atoms with E-state index in [9.17, 15) is 8.42 Å². The number of nitrogens with zero attached hydrogens (tertiary/aromatic N) is 2. The maximum Gasteiger partial charge on any atom is 0.279 e. The van der Waals surface area contributed by atoms with Crippen molar-refractivity contribution in [3.63, 3.8) is 0 Å². The van der Waals surface area contributed by atoms with Crippen LogP contribution >= 0.6 is 0 Å². The van der Waals surface area contributed by atoms with E-state index in [1.54, 1.807) is 18.3 Å². The first kappa shape index (κ1) is 20.7. The van der Waals surface area contributed by atoms with E-state index in [4.69, 9.17) is 9.47 Å². The van der Waals surface area contributed by atoms with Crippen molar-refractivity contribution in [2.45, 2.75) is 46.4 Å². The molecular weight excluding hydrogens is 378 g/mol. The van der Waals surface area contributed by atoms with Crippen LogP contribution in [0.15, 0.2) is 36.5 Å². The number of morpholine rings is 1. The zero-order valence-corrected chi connectivity index (χ0v) is 17.5. The molecule has 0 unspecified atom stereocenters. The standard InChI is InChI=1S/C20H27N3O4S/c1-14-7-15(2)9-19(8-14)27-20-10-18(5-6-21-20)11-22-28(24,25)23-12-16(3)26-17(4)13-23/h5-10,16-17,22H,11-13H2,1-4H3/t16-,17+. The van der Waals surface area contributed by atoms with E-state index < -0.39 is 10.2 Å². The van der Waals surface area contributed by atoms with Crippen LogP contribution in [-0.4, -0.2) is 43.0 Å². The number of aromatic nitrogens is 1. The average molecular weight is 406 g/mol. The molecule has 1 aliphatic heterocycles. The fraction of sp³-hybridized carbons (Fsp3) is 0.450. The summed E-state index contributed by atoms with van der Waals surface area (Å²) in [5.74, 6) is 1.13. The normalized spacial score (nSPS) is 20.9. The Kier molecular flexibility index (Phi) is 6.34. The van der Waals surface area contributed by atoms with Gasteiger partial charge in [0.1, 0.15) is 5.75 Å². The molecule has 2 atom stereocenters. The second kappa shape index (κ2) is 8.57. The molecule has 2 aromatic rings. The molecule has 1 fully saturated rings. The van der Waals surface area contributed by atoms with Crippen molar-refractivity contribution in [1.82, 2.24) is 14.0 Å². The smallest absolute Gasteiger partial charge is 0.279 e. The van der Waals surface area contributed by atoms with E-state index in [1.807, 2.05) is 39.8 Å². The number of hydrogen-bond acceptors (Lipinski definition) is 5. The van der Waals surface area contributed by atoms with Gasteiger partial charge in [-0.1, -0.05) is 6.07 Å². The predicted octanol–water partition coefficient (Wildman–Crippen LogP) is 2.93. The summed E-state index contributed by atoms with van der Waals surface area (Å²) in [6.07, 6.45) is 1.36. The Bertz CT molecular complexity index is 903. The molecule has 1 N–H and O–H groups in total. The fourth-order valence-corrected chi connectivity index (χ4v) is 4.67. The topological polar surface area (TPSA) is 80.8 Å². The lowest BCUT2D eigenvalue weighted by Crippen LogP contribution is -2.51. The number of aryl methyl sites for hydroxylation is 2. The minimum absolute atomic E-state index is 0.126. The Morgan fingerprint density at radius 1 is 1.14 bits per heavy atom. The number of pyridine rings is 1. The lowest BCUT2D eigenvalue weighted by atomic mass is 10.1. The van der Waals surface area contributed by atoms with Gasteiger partial charge in [-0.05, 0) is 62.6 Å². The second-order valence-corrected chi connectivity index (χ2v) is 9.08. The number of hydrogen-bond donors (Lipinski definition) is 1. The van der Waals surface area contributed by atoms with Crippen molar-refractivity contribution in [1.29, 1.82) is 0 Å². The first-order chi connectivity index (χ1) is 13.2. The summed E-state index contributed by atoms with van der Waals surface area (Å²) in [6.45, 7) is 8.61. The largest absolute Gasteiger partial charge is 0.439 e. The summed E-state index contributed by atoms with van der Waals surface area (Å²) in [5.41, 5.74) is 2.98. The minimum Gasteiger partial charge on any atom is -0.439 e. The molecule has 2 heterocycles. The molecule has 28 heavy (non-hydrogen) atoms. The van der Waals surface area contributed by atoms with Crippen molar-refractivity contribution in [3.8, 4) is 11.6 Å². The lowest BCUT2D eigenvalue weighted by molar-refractivity contribution is -0.0444. The number of benzene rings is 1. The minimum atomic E-state index is -3.59. The summed E-state index contributed by atoms with van der Waals surface area (Å²) < 4.78 is 40.8. The Labute approximate surface area is 166 Å². The van der Waals surface area contributed by atoms with Gasteiger partial charge in [0.25, 0.3) is 10.2 Å². The Hall–Kier alpha value is -2.00. The van der Waals surface area contributed by atoms with Gasteiger partial charge >= 0.3 is 0 Å². The third-order valence-corrected chi connectivity index (χ3v) is 5.89. The van der Waals surface area contributed by atoms with Gasteiger partial charge in [-0.3, -0.25) is 0 Å². The number of rotatable bonds is 6. The molecule has 1 aliphatic rings. The van der Waals surface area contributed by atoms with E-state index in [0.717, 1.165) is 16.7 Å².